The number of thiazole rings is 1. The second-order valence-electron chi connectivity index (χ2n) is 5.42. The van der Waals surface area contributed by atoms with Crippen LogP contribution in [0.15, 0.2) is 22.3 Å². The molecule has 0 saturated carbocycles. The Morgan fingerprint density at radius 1 is 1.50 bits per heavy atom. The highest BCUT2D eigenvalue weighted by molar-refractivity contribution is 7.15. The zero-order valence-corrected chi connectivity index (χ0v) is 12.9. The summed E-state index contributed by atoms with van der Waals surface area (Å²) in [4.78, 5) is 24.1. The Balaban J connectivity index is 1.52. The summed E-state index contributed by atoms with van der Waals surface area (Å²) in [6.07, 6.45) is 6.00. The molecule has 114 valence electrons. The fourth-order valence-electron chi connectivity index (χ4n) is 2.90. The number of hydrogen-bond acceptors (Lipinski definition) is 6. The third-order valence-electron chi connectivity index (χ3n) is 3.89. The third-order valence-corrected chi connectivity index (χ3v) is 4.66. The summed E-state index contributed by atoms with van der Waals surface area (Å²) in [5, 5.41) is 5.94. The number of carbonyl (C=O) groups excluding carboxylic acids is 1. The average molecular weight is 317 g/mol. The molecule has 3 aromatic heterocycles. The number of imidazole rings is 1. The first-order valence-electron chi connectivity index (χ1n) is 7.21. The van der Waals surface area contributed by atoms with E-state index >= 15 is 0 Å². The quantitative estimate of drug-likeness (QED) is 0.738. The number of fused-ring (bicyclic) bond motifs is 1. The molecular weight excluding hydrogens is 302 g/mol. The van der Waals surface area contributed by atoms with Gasteiger partial charge in [0.15, 0.2) is 10.8 Å². The monoisotopic (exact) mass is 317 g/mol. The van der Waals surface area contributed by atoms with Crippen LogP contribution in [0.1, 0.15) is 36.3 Å². The van der Waals surface area contributed by atoms with Gasteiger partial charge in [0.1, 0.15) is 0 Å². The van der Waals surface area contributed by atoms with Gasteiger partial charge in [0.2, 0.25) is 11.8 Å². The van der Waals surface area contributed by atoms with Crippen LogP contribution in [-0.2, 0) is 11.2 Å². The molecule has 8 heteroatoms. The van der Waals surface area contributed by atoms with E-state index in [1.807, 2.05) is 27.1 Å². The Hall–Kier alpha value is -2.22. The lowest BCUT2D eigenvalue weighted by molar-refractivity contribution is -0.131. The molecule has 0 spiro atoms. The fraction of sp³-hybridized carbons (Fsp3) is 0.429. The van der Waals surface area contributed by atoms with Gasteiger partial charge in [-0.1, -0.05) is 5.16 Å². The number of aromatic nitrogens is 4. The summed E-state index contributed by atoms with van der Waals surface area (Å²) < 4.78 is 6.98. The lowest BCUT2D eigenvalue weighted by atomic mass is 10.2. The van der Waals surface area contributed by atoms with Crippen molar-refractivity contribution in [2.45, 2.75) is 32.2 Å². The zero-order chi connectivity index (χ0) is 15.1. The molecule has 1 aliphatic heterocycles. The molecule has 0 N–H and O–H groups in total. The first-order chi connectivity index (χ1) is 10.7. The summed E-state index contributed by atoms with van der Waals surface area (Å²) >= 11 is 1.56. The molecule has 3 aromatic rings. The second kappa shape index (κ2) is 5.20. The SMILES string of the molecule is Cc1nc(C2CCCN2C(=O)Cc2cn3ccsc3n2)no1. The molecule has 1 aliphatic rings. The minimum Gasteiger partial charge on any atom is -0.340 e. The van der Waals surface area contributed by atoms with Crippen molar-refractivity contribution >= 4 is 22.2 Å². The smallest absolute Gasteiger partial charge is 0.229 e. The maximum atomic E-state index is 12.6. The molecule has 1 atom stereocenters. The van der Waals surface area contributed by atoms with Gasteiger partial charge < -0.3 is 9.42 Å². The van der Waals surface area contributed by atoms with Crippen LogP contribution in [0.3, 0.4) is 0 Å². The lowest BCUT2D eigenvalue weighted by Crippen LogP contribution is -2.32. The molecule has 0 radical (unpaired) electrons. The maximum absolute atomic E-state index is 12.6. The van der Waals surface area contributed by atoms with E-state index in [0.717, 1.165) is 30.0 Å². The van der Waals surface area contributed by atoms with Crippen LogP contribution in [-0.4, -0.2) is 36.9 Å². The van der Waals surface area contributed by atoms with Gasteiger partial charge in [-0.3, -0.25) is 9.20 Å². The van der Waals surface area contributed by atoms with E-state index in [9.17, 15) is 4.79 Å². The van der Waals surface area contributed by atoms with Crippen LogP contribution in [0.25, 0.3) is 4.96 Å². The van der Waals surface area contributed by atoms with Gasteiger partial charge in [0.05, 0.1) is 18.2 Å². The highest BCUT2D eigenvalue weighted by Crippen LogP contribution is 2.30. The molecule has 4 heterocycles. The number of nitrogens with zero attached hydrogens (tertiary/aromatic N) is 5. The number of likely N-dealkylation sites (tertiary alicyclic amines) is 1. The van der Waals surface area contributed by atoms with Crippen molar-refractivity contribution in [3.8, 4) is 0 Å². The van der Waals surface area contributed by atoms with E-state index in [-0.39, 0.29) is 11.9 Å². The Kier molecular flexibility index (Phi) is 3.18. The Bertz CT molecular complexity index is 792. The molecule has 1 saturated heterocycles. The van der Waals surface area contributed by atoms with E-state index in [1.165, 1.54) is 0 Å². The summed E-state index contributed by atoms with van der Waals surface area (Å²) in [7, 11) is 0. The van der Waals surface area contributed by atoms with Gasteiger partial charge >= 0.3 is 0 Å². The van der Waals surface area contributed by atoms with E-state index in [4.69, 9.17) is 4.52 Å². The van der Waals surface area contributed by atoms with Crippen LogP contribution in [0.2, 0.25) is 0 Å². The van der Waals surface area contributed by atoms with E-state index < -0.39 is 0 Å². The number of carbonyl (C=O) groups is 1. The second-order valence-corrected chi connectivity index (χ2v) is 6.29. The van der Waals surface area contributed by atoms with Crippen LogP contribution >= 0.6 is 11.3 Å². The minimum absolute atomic E-state index is 0.0655. The first kappa shape index (κ1) is 13.4. The number of aryl methyl sites for hydroxylation is 1. The predicted molar refractivity (Wildman–Crippen MR) is 79.5 cm³/mol. The highest BCUT2D eigenvalue weighted by Gasteiger charge is 2.33. The van der Waals surface area contributed by atoms with Crippen molar-refractivity contribution < 1.29 is 9.32 Å². The predicted octanol–water partition coefficient (Wildman–Crippen LogP) is 1.99. The van der Waals surface area contributed by atoms with Crippen LogP contribution in [0, 0.1) is 6.92 Å². The van der Waals surface area contributed by atoms with E-state index in [2.05, 4.69) is 15.1 Å². The number of hydrogen-bond donors (Lipinski definition) is 0. The van der Waals surface area contributed by atoms with Gasteiger partial charge in [-0.25, -0.2) is 4.98 Å². The van der Waals surface area contributed by atoms with Gasteiger partial charge in [-0.2, -0.15) is 4.98 Å². The lowest BCUT2D eigenvalue weighted by Gasteiger charge is -2.21. The maximum Gasteiger partial charge on any atom is 0.229 e. The molecule has 7 nitrogen and oxygen atoms in total. The summed E-state index contributed by atoms with van der Waals surface area (Å²) in [6.45, 7) is 2.49. The van der Waals surface area contributed by atoms with Gasteiger partial charge in [0, 0.05) is 31.2 Å². The summed E-state index contributed by atoms with van der Waals surface area (Å²) in [6, 6.07) is -0.0753. The van der Waals surface area contributed by atoms with Crippen molar-refractivity contribution in [3.63, 3.8) is 0 Å². The van der Waals surface area contributed by atoms with E-state index in [1.54, 1.807) is 18.3 Å². The molecule has 0 aromatic carbocycles. The minimum atomic E-state index is -0.0753. The molecule has 1 amide bonds. The summed E-state index contributed by atoms with van der Waals surface area (Å²) in [5.41, 5.74) is 0.798. The van der Waals surface area contributed by atoms with Gasteiger partial charge in [-0.15, -0.1) is 11.3 Å². The fourth-order valence-corrected chi connectivity index (χ4v) is 3.62. The third kappa shape index (κ3) is 2.29. The molecule has 0 aliphatic carbocycles. The summed E-state index contributed by atoms with van der Waals surface area (Å²) in [5.74, 6) is 1.20. The first-order valence-corrected chi connectivity index (χ1v) is 8.09. The Morgan fingerprint density at radius 3 is 3.18 bits per heavy atom. The number of rotatable bonds is 3. The van der Waals surface area contributed by atoms with Crippen molar-refractivity contribution in [3.05, 3.63) is 35.2 Å². The normalized spacial score (nSPS) is 18.4. The molecule has 1 fully saturated rings. The van der Waals surface area contributed by atoms with Gasteiger partial charge in [-0.05, 0) is 12.8 Å². The van der Waals surface area contributed by atoms with Gasteiger partial charge in [0.25, 0.3) is 0 Å². The number of amides is 1. The topological polar surface area (TPSA) is 76.5 Å². The van der Waals surface area contributed by atoms with Crippen molar-refractivity contribution in [2.75, 3.05) is 6.54 Å². The van der Waals surface area contributed by atoms with Crippen molar-refractivity contribution in [2.24, 2.45) is 0 Å². The van der Waals surface area contributed by atoms with Crippen molar-refractivity contribution in [1.82, 2.24) is 24.4 Å². The van der Waals surface area contributed by atoms with Crippen LogP contribution < -0.4 is 0 Å². The van der Waals surface area contributed by atoms with E-state index in [0.29, 0.717) is 18.1 Å². The van der Waals surface area contributed by atoms with Crippen LogP contribution in [0.5, 0.6) is 0 Å². The molecule has 0 bridgehead atoms. The highest BCUT2D eigenvalue weighted by atomic mass is 32.1. The largest absolute Gasteiger partial charge is 0.340 e. The molecule has 4 rings (SSSR count). The molecular formula is C14H15N5O2S. The average Bonchev–Trinajstić information content (AvgIpc) is 3.19. The molecule has 1 unspecified atom stereocenters. The standard InChI is InChI=1S/C14H15N5O2S/c1-9-15-13(17-21-9)11-3-2-4-19(11)12(20)7-10-8-18-5-6-22-14(18)16-10/h5-6,8,11H,2-4,7H2,1H3. The van der Waals surface area contributed by atoms with Crippen molar-refractivity contribution in [1.29, 1.82) is 0 Å². The van der Waals surface area contributed by atoms with Crippen LogP contribution in [0.4, 0.5) is 0 Å². The Labute approximate surface area is 130 Å². The zero-order valence-electron chi connectivity index (χ0n) is 12.1. The Morgan fingerprint density at radius 2 is 2.41 bits per heavy atom. The molecule has 22 heavy (non-hydrogen) atoms.